The molecule has 1 atom stereocenters. The lowest BCUT2D eigenvalue weighted by Gasteiger charge is -2.28. The fourth-order valence-corrected chi connectivity index (χ4v) is 4.24. The minimum Gasteiger partial charge on any atom is -0.444 e. The monoisotopic (exact) mass is 479 g/mol. The van der Waals surface area contributed by atoms with Crippen LogP contribution in [0.2, 0.25) is 0 Å². The summed E-state index contributed by atoms with van der Waals surface area (Å²) in [6.45, 7) is 8.37. The van der Waals surface area contributed by atoms with E-state index in [0.717, 1.165) is 24.5 Å². The van der Waals surface area contributed by atoms with Crippen molar-refractivity contribution in [3.05, 3.63) is 28.0 Å². The predicted octanol–water partition coefficient (Wildman–Crippen LogP) is 1.98. The van der Waals surface area contributed by atoms with Gasteiger partial charge in [-0.1, -0.05) is 0 Å². The number of alkyl carbamates (subject to hydrolysis) is 1. The Morgan fingerprint density at radius 3 is 2.83 bits per heavy atom. The molecule has 4 heterocycles. The number of hydrogen-bond donors (Lipinski definition) is 1. The minimum absolute atomic E-state index is 0.0395. The zero-order valence-corrected chi connectivity index (χ0v) is 19.0. The fourth-order valence-electron chi connectivity index (χ4n) is 3.84. The largest absolute Gasteiger partial charge is 0.444 e. The highest BCUT2D eigenvalue weighted by Gasteiger charge is 2.30. The van der Waals surface area contributed by atoms with Crippen LogP contribution in [0.1, 0.15) is 49.1 Å². The summed E-state index contributed by atoms with van der Waals surface area (Å²) in [5.41, 5.74) is 1.03. The van der Waals surface area contributed by atoms with Gasteiger partial charge in [0.05, 0.1) is 30.5 Å². The summed E-state index contributed by atoms with van der Waals surface area (Å²) in [5, 5.41) is 11.5. The van der Waals surface area contributed by atoms with Crippen molar-refractivity contribution < 1.29 is 14.3 Å². The number of carbonyl (C=O) groups is 2. The number of amides is 2. The number of halogens is 1. The molecular formula is C19H26BrN7O3. The maximum Gasteiger partial charge on any atom is 0.407 e. The second-order valence-corrected chi connectivity index (χ2v) is 9.43. The van der Waals surface area contributed by atoms with Crippen molar-refractivity contribution in [2.75, 3.05) is 13.1 Å². The lowest BCUT2D eigenvalue weighted by Crippen LogP contribution is -2.40. The average molecular weight is 480 g/mol. The van der Waals surface area contributed by atoms with Gasteiger partial charge in [-0.15, -0.1) is 5.10 Å². The highest BCUT2D eigenvalue weighted by atomic mass is 79.9. The van der Waals surface area contributed by atoms with Gasteiger partial charge >= 0.3 is 6.09 Å². The van der Waals surface area contributed by atoms with Gasteiger partial charge in [0.2, 0.25) is 4.73 Å². The smallest absolute Gasteiger partial charge is 0.407 e. The van der Waals surface area contributed by atoms with Crippen LogP contribution in [0.15, 0.2) is 10.9 Å². The molecule has 2 aromatic rings. The Hall–Kier alpha value is -2.43. The molecule has 2 aliphatic rings. The molecule has 0 aliphatic carbocycles. The number of hydrogen-bond acceptors (Lipinski definition) is 6. The van der Waals surface area contributed by atoms with Crippen LogP contribution >= 0.6 is 15.9 Å². The molecule has 30 heavy (non-hydrogen) atoms. The quantitative estimate of drug-likeness (QED) is 0.720. The lowest BCUT2D eigenvalue weighted by molar-refractivity contribution is 0.0515. The van der Waals surface area contributed by atoms with Crippen LogP contribution in [0, 0.1) is 5.92 Å². The van der Waals surface area contributed by atoms with Crippen molar-refractivity contribution in [3.63, 3.8) is 0 Å². The average Bonchev–Trinajstić information content (AvgIpc) is 3.25. The van der Waals surface area contributed by atoms with Crippen LogP contribution < -0.4 is 5.32 Å². The van der Waals surface area contributed by atoms with Crippen LogP contribution in [0.25, 0.3) is 0 Å². The summed E-state index contributed by atoms with van der Waals surface area (Å²) in [6, 6.07) is 0. The van der Waals surface area contributed by atoms with Crippen molar-refractivity contribution in [2.24, 2.45) is 5.92 Å². The Bertz CT molecular complexity index is 962. The van der Waals surface area contributed by atoms with Crippen molar-refractivity contribution in [2.45, 2.75) is 58.8 Å². The Balaban J connectivity index is 1.40. The molecule has 0 saturated carbocycles. The van der Waals surface area contributed by atoms with E-state index in [4.69, 9.17) is 4.74 Å². The molecule has 0 radical (unpaired) electrons. The normalized spacial score (nSPS) is 18.5. The molecular weight excluding hydrogens is 454 g/mol. The number of aryl methyl sites for hydroxylation is 1. The van der Waals surface area contributed by atoms with Crippen LogP contribution in [0.4, 0.5) is 4.79 Å². The second-order valence-electron chi connectivity index (χ2n) is 8.72. The van der Waals surface area contributed by atoms with Gasteiger partial charge in [-0.3, -0.25) is 9.48 Å². The lowest BCUT2D eigenvalue weighted by atomic mass is 9.94. The summed E-state index contributed by atoms with van der Waals surface area (Å²) < 4.78 is 9.57. The summed E-state index contributed by atoms with van der Waals surface area (Å²) in [6.07, 6.45) is 2.82. The maximum atomic E-state index is 13.2. The molecule has 162 valence electrons. The van der Waals surface area contributed by atoms with Crippen LogP contribution in [0.5, 0.6) is 0 Å². The van der Waals surface area contributed by atoms with E-state index >= 15 is 0 Å². The summed E-state index contributed by atoms with van der Waals surface area (Å²) in [7, 11) is 0. The van der Waals surface area contributed by atoms with E-state index in [1.165, 1.54) is 0 Å². The number of fused-ring (bicyclic) bond motifs is 2. The second kappa shape index (κ2) is 8.01. The van der Waals surface area contributed by atoms with Gasteiger partial charge in [0, 0.05) is 19.6 Å². The number of carbonyl (C=O) groups excluding carboxylic acids is 2. The van der Waals surface area contributed by atoms with E-state index in [1.54, 1.807) is 11.1 Å². The molecule has 0 spiro atoms. The zero-order chi connectivity index (χ0) is 21.5. The molecule has 0 saturated heterocycles. The highest BCUT2D eigenvalue weighted by molar-refractivity contribution is 9.10. The zero-order valence-electron chi connectivity index (χ0n) is 17.4. The molecule has 2 amide bonds. The van der Waals surface area contributed by atoms with Gasteiger partial charge in [0.25, 0.3) is 5.91 Å². The van der Waals surface area contributed by atoms with E-state index in [0.29, 0.717) is 42.9 Å². The van der Waals surface area contributed by atoms with E-state index in [-0.39, 0.29) is 11.8 Å². The van der Waals surface area contributed by atoms with Crippen LogP contribution in [0.3, 0.4) is 0 Å². The molecule has 11 heteroatoms. The number of rotatable bonds is 3. The summed E-state index contributed by atoms with van der Waals surface area (Å²) in [4.78, 5) is 31.3. The molecule has 0 fully saturated rings. The molecule has 1 N–H and O–H groups in total. The Kier molecular flexibility index (Phi) is 5.56. The van der Waals surface area contributed by atoms with Crippen molar-refractivity contribution >= 4 is 27.9 Å². The van der Waals surface area contributed by atoms with E-state index < -0.39 is 11.7 Å². The molecule has 0 bridgehead atoms. The molecule has 10 nitrogen and oxygen atoms in total. The molecule has 1 unspecified atom stereocenters. The van der Waals surface area contributed by atoms with E-state index in [2.05, 4.69) is 36.4 Å². The van der Waals surface area contributed by atoms with Crippen molar-refractivity contribution in [1.29, 1.82) is 0 Å². The Morgan fingerprint density at radius 1 is 1.27 bits per heavy atom. The van der Waals surface area contributed by atoms with Gasteiger partial charge in [-0.2, -0.15) is 5.10 Å². The number of ether oxygens (including phenoxy) is 1. The number of nitrogens with one attached hydrogen (secondary N) is 1. The van der Waals surface area contributed by atoms with Gasteiger partial charge in [-0.05, 0) is 55.5 Å². The number of nitrogens with zero attached hydrogens (tertiary/aromatic N) is 6. The molecule has 4 rings (SSSR count). The topological polar surface area (TPSA) is 107 Å². The third-order valence-corrected chi connectivity index (χ3v) is 5.60. The summed E-state index contributed by atoms with van der Waals surface area (Å²) >= 11 is 3.29. The van der Waals surface area contributed by atoms with Gasteiger partial charge in [-0.25, -0.2) is 14.5 Å². The van der Waals surface area contributed by atoms with E-state index in [1.807, 2.05) is 30.1 Å². The Morgan fingerprint density at radius 2 is 2.07 bits per heavy atom. The van der Waals surface area contributed by atoms with Crippen LogP contribution in [-0.4, -0.2) is 60.1 Å². The van der Waals surface area contributed by atoms with Crippen molar-refractivity contribution in [1.82, 2.24) is 34.8 Å². The van der Waals surface area contributed by atoms with Gasteiger partial charge < -0.3 is 15.0 Å². The first-order chi connectivity index (χ1) is 14.2. The first-order valence-corrected chi connectivity index (χ1v) is 10.9. The van der Waals surface area contributed by atoms with Gasteiger partial charge in [0.15, 0.2) is 0 Å². The molecule has 2 aromatic heterocycles. The van der Waals surface area contributed by atoms with Gasteiger partial charge in [0.1, 0.15) is 11.4 Å². The first-order valence-electron chi connectivity index (χ1n) is 10.1. The third-order valence-electron chi connectivity index (χ3n) is 5.27. The Labute approximate surface area is 183 Å². The standard InChI is InChI=1S/C19H26BrN7O3/c1-19(2,3)30-18(29)21-9-12-4-5-26-14(8-12)13(10-22-26)16(28)25-6-7-27-15(11-25)23-17(20)24-27/h10,12H,4-9,11H2,1-3H3,(H,21,29). The highest BCUT2D eigenvalue weighted by Crippen LogP contribution is 2.25. The number of aromatic nitrogens is 5. The van der Waals surface area contributed by atoms with E-state index in [9.17, 15) is 9.59 Å². The first kappa shape index (κ1) is 20.8. The fraction of sp³-hybridized carbons (Fsp3) is 0.632. The molecule has 2 aliphatic heterocycles. The minimum atomic E-state index is -0.525. The predicted molar refractivity (Wildman–Crippen MR) is 111 cm³/mol. The van der Waals surface area contributed by atoms with Crippen molar-refractivity contribution in [3.8, 4) is 0 Å². The SMILES string of the molecule is CC(C)(C)OC(=O)NCC1CCn2ncc(C(=O)N3CCn4nc(Br)nc4C3)c2C1. The van der Waals surface area contributed by atoms with Crippen LogP contribution in [-0.2, 0) is 30.8 Å². The maximum absolute atomic E-state index is 13.2. The summed E-state index contributed by atoms with van der Waals surface area (Å²) in [5.74, 6) is 0.956. The third kappa shape index (κ3) is 4.50. The molecule has 0 aromatic carbocycles.